The van der Waals surface area contributed by atoms with Crippen LogP contribution >= 0.6 is 0 Å². The molecule has 2 unspecified atom stereocenters. The summed E-state index contributed by atoms with van der Waals surface area (Å²) in [5, 5.41) is 11.9. The van der Waals surface area contributed by atoms with Crippen molar-refractivity contribution in [2.45, 2.75) is 437 Å². The topological polar surface area (TPSA) is 111 Å². The second-order valence-electron chi connectivity index (χ2n) is 30.1. The minimum atomic E-state index is -1.62. The Morgan fingerprint density at radius 3 is 0.876 bits per heavy atom. The lowest BCUT2D eigenvalue weighted by Gasteiger charge is -2.26. The molecule has 0 aliphatic rings. The van der Waals surface area contributed by atoms with E-state index in [2.05, 4.69) is 74.6 Å². The van der Waals surface area contributed by atoms with Crippen LogP contribution in [0.4, 0.5) is 0 Å². The Bertz CT molecular complexity index is 1780. The molecule has 0 N–H and O–H groups in total. The molecule has 0 amide bonds. The Hall–Kier alpha value is -3.01. The van der Waals surface area contributed by atoms with E-state index in [-0.39, 0.29) is 32.2 Å². The summed E-state index contributed by atoms with van der Waals surface area (Å²) >= 11 is 0. The summed E-state index contributed by atoms with van der Waals surface area (Å²) in [6.45, 7) is 4.71. The molecule has 0 spiro atoms. The van der Waals surface area contributed by atoms with E-state index < -0.39 is 24.3 Å². The van der Waals surface area contributed by atoms with Gasteiger partial charge in [-0.25, -0.2) is 0 Å². The fourth-order valence-corrected chi connectivity index (χ4v) is 12.9. The van der Waals surface area contributed by atoms with Crippen LogP contribution in [0, 0.1) is 0 Å². The molecule has 97 heavy (non-hydrogen) atoms. The Balaban J connectivity index is 3.93. The van der Waals surface area contributed by atoms with Crippen molar-refractivity contribution < 1.29 is 42.9 Å². The number of quaternary nitrogens is 1. The number of allylic oxidation sites excluding steroid dienone is 10. The van der Waals surface area contributed by atoms with Gasteiger partial charge in [0.1, 0.15) is 13.2 Å². The summed E-state index contributed by atoms with van der Waals surface area (Å²) < 4.78 is 22.9. The van der Waals surface area contributed by atoms with Crippen molar-refractivity contribution in [2.24, 2.45) is 0 Å². The zero-order valence-corrected chi connectivity index (χ0v) is 65.2. The lowest BCUT2D eigenvalue weighted by Crippen LogP contribution is -2.44. The summed E-state index contributed by atoms with van der Waals surface area (Å²) in [7, 11) is 5.95. The maximum Gasteiger partial charge on any atom is 0.306 e. The van der Waals surface area contributed by atoms with Crippen molar-refractivity contribution >= 4 is 17.9 Å². The molecule has 0 aromatic heterocycles. The first kappa shape index (κ1) is 94.0. The van der Waals surface area contributed by atoms with Crippen LogP contribution in [-0.2, 0) is 33.3 Å². The number of likely N-dealkylation sites (N-methyl/N-ethyl adjacent to an activating group) is 1. The van der Waals surface area contributed by atoms with E-state index in [4.69, 9.17) is 18.9 Å². The van der Waals surface area contributed by atoms with Gasteiger partial charge in [-0.3, -0.25) is 9.59 Å². The summed E-state index contributed by atoms with van der Waals surface area (Å²) in [5.74, 6) is -2.25. The molecular weight excluding hydrogens is 1200 g/mol. The first-order valence-electron chi connectivity index (χ1n) is 42.4. The van der Waals surface area contributed by atoms with Crippen LogP contribution in [-0.4, -0.2) is 82.3 Å². The molecule has 0 saturated carbocycles. The number of carbonyl (C=O) groups is 3. The highest BCUT2D eigenvalue weighted by Crippen LogP contribution is 2.20. The van der Waals surface area contributed by atoms with Crippen molar-refractivity contribution in [2.75, 3.05) is 47.5 Å². The zero-order valence-electron chi connectivity index (χ0n) is 65.2. The number of esters is 2. The average Bonchev–Trinajstić information content (AvgIpc) is 2.59. The van der Waals surface area contributed by atoms with E-state index in [1.54, 1.807) is 0 Å². The Morgan fingerprint density at radius 1 is 0.320 bits per heavy atom. The number of hydrogen-bond donors (Lipinski definition) is 0. The lowest BCUT2D eigenvalue weighted by atomic mass is 10.0. The SMILES string of the molecule is CC/C=C\C/C=C\C/C=C\C/C=C\C/C=C\CCCCCCCCCCCCCCCCCCCC(=O)OC(COC(=O)CCCCCCCCCCCCCCCCCCCCCCCCCCCCCCCCCCCCCCCCC)COC(OCC[N+](C)(C)C)C(=O)[O-]. The lowest BCUT2D eigenvalue weighted by molar-refractivity contribution is -0.870. The number of rotatable bonds is 80. The van der Waals surface area contributed by atoms with Gasteiger partial charge in [-0.15, -0.1) is 0 Å². The van der Waals surface area contributed by atoms with Gasteiger partial charge in [0.15, 0.2) is 12.4 Å². The van der Waals surface area contributed by atoms with E-state index in [1.807, 2.05) is 21.1 Å². The van der Waals surface area contributed by atoms with E-state index in [0.29, 0.717) is 23.9 Å². The molecule has 9 nitrogen and oxygen atoms in total. The van der Waals surface area contributed by atoms with E-state index in [9.17, 15) is 19.5 Å². The molecule has 0 fully saturated rings. The quantitative estimate of drug-likeness (QED) is 0.0195. The van der Waals surface area contributed by atoms with Crippen molar-refractivity contribution in [3.05, 3.63) is 60.8 Å². The second kappa shape index (κ2) is 78.7. The standard InChI is InChI=1S/C88H163NO8/c1-6-8-10-12-14-16-18-20-22-24-26-28-30-32-34-36-38-40-41-42-43-44-45-47-48-50-52-54-56-58-60-62-64-66-68-70-72-74-76-78-85(90)95-82-84(83-96-88(87(92)93)94-81-80-89(3,4)5)97-86(91)79-77-75-73-71-69-67-65-63-61-59-57-55-53-51-49-46-39-37-35-33-31-29-27-25-23-21-19-17-15-13-11-9-7-2/h9,11,15,17,21,23,27,29,33,35,84,88H,6-8,10,12-14,16,18-20,22,24-26,28,30-32,34,36-83H2,1-5H3/b11-9-,17-15-,23-21-,29-27-,35-33-. The van der Waals surface area contributed by atoms with E-state index in [1.165, 1.54) is 327 Å². The molecule has 0 bridgehead atoms. The van der Waals surface area contributed by atoms with Crippen molar-refractivity contribution in [3.63, 3.8) is 0 Å². The number of nitrogens with zero attached hydrogens (tertiary/aromatic N) is 1. The van der Waals surface area contributed by atoms with Gasteiger partial charge in [0, 0.05) is 12.8 Å². The minimum absolute atomic E-state index is 0.149. The molecule has 0 aromatic carbocycles. The highest BCUT2D eigenvalue weighted by molar-refractivity contribution is 5.70. The predicted molar refractivity (Wildman–Crippen MR) is 417 cm³/mol. The van der Waals surface area contributed by atoms with Crippen LogP contribution in [0.15, 0.2) is 60.8 Å². The molecule has 0 saturated heterocycles. The fraction of sp³-hybridized carbons (Fsp3) is 0.852. The minimum Gasteiger partial charge on any atom is -0.545 e. The summed E-state index contributed by atoms with van der Waals surface area (Å²) in [4.78, 5) is 37.6. The normalized spacial score (nSPS) is 12.9. The van der Waals surface area contributed by atoms with Crippen LogP contribution in [0.3, 0.4) is 0 Å². The maximum atomic E-state index is 13.0. The molecule has 0 aromatic rings. The Kier molecular flexibility index (Phi) is 76.3. The van der Waals surface area contributed by atoms with Gasteiger partial charge in [0.25, 0.3) is 0 Å². The Morgan fingerprint density at radius 2 is 0.588 bits per heavy atom. The fourth-order valence-electron chi connectivity index (χ4n) is 12.9. The van der Waals surface area contributed by atoms with Crippen LogP contribution in [0.2, 0.25) is 0 Å². The van der Waals surface area contributed by atoms with E-state index in [0.717, 1.165) is 64.2 Å². The monoisotopic (exact) mass is 1360 g/mol. The maximum absolute atomic E-state index is 13.0. The molecular formula is C88H163NO8. The van der Waals surface area contributed by atoms with Gasteiger partial charge >= 0.3 is 11.9 Å². The molecule has 0 radical (unpaired) electrons. The van der Waals surface area contributed by atoms with Crippen LogP contribution < -0.4 is 5.11 Å². The molecule has 9 heteroatoms. The number of hydrogen-bond acceptors (Lipinski definition) is 8. The van der Waals surface area contributed by atoms with Gasteiger partial charge in [0.05, 0.1) is 40.3 Å². The van der Waals surface area contributed by atoms with Crippen LogP contribution in [0.1, 0.15) is 425 Å². The number of carbonyl (C=O) groups excluding carboxylic acids is 3. The van der Waals surface area contributed by atoms with Gasteiger partial charge in [0.2, 0.25) is 0 Å². The molecule has 0 aliphatic carbocycles. The second-order valence-corrected chi connectivity index (χ2v) is 30.1. The zero-order chi connectivity index (χ0) is 70.4. The van der Waals surface area contributed by atoms with Crippen molar-refractivity contribution in [3.8, 4) is 0 Å². The van der Waals surface area contributed by atoms with Gasteiger partial charge in [-0.05, 0) is 57.8 Å². The van der Waals surface area contributed by atoms with Crippen LogP contribution in [0.5, 0.6) is 0 Å². The van der Waals surface area contributed by atoms with Gasteiger partial charge < -0.3 is 33.3 Å². The first-order chi connectivity index (χ1) is 47.6. The summed E-state index contributed by atoms with van der Waals surface area (Å²) in [6.07, 6.45) is 102. The third kappa shape index (κ3) is 80.2. The Labute approximate surface area is 603 Å². The van der Waals surface area contributed by atoms with Gasteiger partial charge in [-0.1, -0.05) is 415 Å². The molecule has 568 valence electrons. The summed E-state index contributed by atoms with van der Waals surface area (Å²) in [6, 6.07) is 0. The molecule has 0 aliphatic heterocycles. The van der Waals surface area contributed by atoms with E-state index >= 15 is 0 Å². The largest absolute Gasteiger partial charge is 0.545 e. The number of carboxylic acid groups (broad SMARTS) is 1. The third-order valence-corrected chi connectivity index (χ3v) is 19.3. The molecule has 2 atom stereocenters. The molecule has 0 heterocycles. The highest BCUT2D eigenvalue weighted by atomic mass is 16.7. The number of carboxylic acids is 1. The third-order valence-electron chi connectivity index (χ3n) is 19.3. The van der Waals surface area contributed by atoms with Crippen molar-refractivity contribution in [1.82, 2.24) is 0 Å². The molecule has 0 rings (SSSR count). The average molecular weight is 1360 g/mol. The highest BCUT2D eigenvalue weighted by Gasteiger charge is 2.22. The van der Waals surface area contributed by atoms with Crippen molar-refractivity contribution in [1.29, 1.82) is 0 Å². The first-order valence-corrected chi connectivity index (χ1v) is 42.4. The summed E-state index contributed by atoms with van der Waals surface area (Å²) in [5.41, 5.74) is 0. The van der Waals surface area contributed by atoms with Crippen LogP contribution in [0.25, 0.3) is 0 Å². The predicted octanol–water partition coefficient (Wildman–Crippen LogP) is 26.0. The number of unbranched alkanes of at least 4 members (excludes halogenated alkanes) is 55. The smallest absolute Gasteiger partial charge is 0.306 e. The van der Waals surface area contributed by atoms with Gasteiger partial charge in [-0.2, -0.15) is 0 Å². The number of ether oxygens (including phenoxy) is 4. The number of aliphatic carboxylic acids is 1.